The number of carbonyl (C=O) groups excluding carboxylic acids is 3. The van der Waals surface area contributed by atoms with Crippen molar-refractivity contribution in [3.63, 3.8) is 0 Å². The van der Waals surface area contributed by atoms with E-state index in [0.717, 1.165) is 19.3 Å². The summed E-state index contributed by atoms with van der Waals surface area (Å²) in [6, 6.07) is -0.882. The lowest BCUT2D eigenvalue weighted by Gasteiger charge is -2.41. The normalized spacial score (nSPS) is 23.1. The number of esters is 2. The molecule has 1 saturated carbocycles. The van der Waals surface area contributed by atoms with Crippen molar-refractivity contribution in [1.29, 1.82) is 0 Å². The Hall–Kier alpha value is -1.63. The van der Waals surface area contributed by atoms with E-state index < -0.39 is 18.0 Å². The molecule has 2 unspecified atom stereocenters. The summed E-state index contributed by atoms with van der Waals surface area (Å²) in [6.07, 6.45) is 4.36. The van der Waals surface area contributed by atoms with Gasteiger partial charge in [0.25, 0.3) is 0 Å². The standard InChI is InChI=1S/C21H37NO6/c1-6-26-19(24)11-10-17(20(25)27-7-2)22-18(23)14-28-16-9-8-12-21(5,13-16)15(3)4/h15-17H,6-14H2,1-5H3,(H,22,23)/t16?,17-,21?/m1/s1. The number of rotatable bonds is 11. The van der Waals surface area contributed by atoms with Crippen LogP contribution in [0, 0.1) is 11.3 Å². The highest BCUT2D eigenvalue weighted by atomic mass is 16.5. The van der Waals surface area contributed by atoms with E-state index in [1.165, 1.54) is 6.42 Å². The van der Waals surface area contributed by atoms with Gasteiger partial charge in [-0.1, -0.05) is 27.2 Å². The minimum atomic E-state index is -0.882. The fraction of sp³-hybridized carbons (Fsp3) is 0.857. The number of hydrogen-bond donors (Lipinski definition) is 1. The van der Waals surface area contributed by atoms with Gasteiger partial charge in [0.15, 0.2) is 0 Å². The number of nitrogens with one attached hydrogen (secondary N) is 1. The summed E-state index contributed by atoms with van der Waals surface area (Å²) >= 11 is 0. The average molecular weight is 400 g/mol. The molecule has 0 heterocycles. The van der Waals surface area contributed by atoms with E-state index in [-0.39, 0.29) is 50.1 Å². The molecule has 1 rings (SSSR count). The van der Waals surface area contributed by atoms with Crippen molar-refractivity contribution in [2.45, 2.75) is 85.3 Å². The Kier molecular flexibility index (Phi) is 10.5. The molecule has 1 aliphatic rings. The van der Waals surface area contributed by atoms with Crippen LogP contribution < -0.4 is 5.32 Å². The Balaban J connectivity index is 2.52. The second-order valence-electron chi connectivity index (χ2n) is 8.05. The van der Waals surface area contributed by atoms with Gasteiger partial charge in [-0.15, -0.1) is 0 Å². The van der Waals surface area contributed by atoms with Gasteiger partial charge in [-0.2, -0.15) is 0 Å². The van der Waals surface area contributed by atoms with Crippen molar-refractivity contribution >= 4 is 17.8 Å². The molecule has 1 N–H and O–H groups in total. The van der Waals surface area contributed by atoms with Gasteiger partial charge in [0.1, 0.15) is 12.6 Å². The molecule has 0 aromatic carbocycles. The van der Waals surface area contributed by atoms with E-state index in [1.807, 2.05) is 0 Å². The molecule has 0 saturated heterocycles. The van der Waals surface area contributed by atoms with Gasteiger partial charge in [0, 0.05) is 6.42 Å². The van der Waals surface area contributed by atoms with Crippen molar-refractivity contribution in [3.05, 3.63) is 0 Å². The van der Waals surface area contributed by atoms with Crippen LogP contribution in [0.5, 0.6) is 0 Å². The summed E-state index contributed by atoms with van der Waals surface area (Å²) < 4.78 is 15.7. The van der Waals surface area contributed by atoms with Crippen LogP contribution in [0.2, 0.25) is 0 Å². The molecule has 28 heavy (non-hydrogen) atoms. The molecule has 1 fully saturated rings. The van der Waals surface area contributed by atoms with Crippen molar-refractivity contribution in [2.24, 2.45) is 11.3 Å². The lowest BCUT2D eigenvalue weighted by atomic mass is 9.67. The van der Waals surface area contributed by atoms with Crippen molar-refractivity contribution in [1.82, 2.24) is 5.32 Å². The molecule has 0 aromatic rings. The number of amides is 1. The Morgan fingerprint density at radius 3 is 2.43 bits per heavy atom. The van der Waals surface area contributed by atoms with Gasteiger partial charge in [0.05, 0.1) is 19.3 Å². The maximum Gasteiger partial charge on any atom is 0.328 e. The Morgan fingerprint density at radius 2 is 1.82 bits per heavy atom. The summed E-state index contributed by atoms with van der Waals surface area (Å²) in [5.41, 5.74) is 0.229. The van der Waals surface area contributed by atoms with E-state index in [9.17, 15) is 14.4 Å². The number of carbonyl (C=O) groups is 3. The topological polar surface area (TPSA) is 90.9 Å². The second kappa shape index (κ2) is 12.0. The van der Waals surface area contributed by atoms with Gasteiger partial charge in [-0.25, -0.2) is 4.79 Å². The zero-order valence-electron chi connectivity index (χ0n) is 18.0. The predicted molar refractivity (Wildman–Crippen MR) is 106 cm³/mol. The van der Waals surface area contributed by atoms with E-state index >= 15 is 0 Å². The first-order valence-electron chi connectivity index (χ1n) is 10.4. The summed E-state index contributed by atoms with van der Waals surface area (Å²) in [5, 5.41) is 2.64. The van der Waals surface area contributed by atoms with Crippen LogP contribution in [0.3, 0.4) is 0 Å². The monoisotopic (exact) mass is 399 g/mol. The van der Waals surface area contributed by atoms with Crippen molar-refractivity contribution in [2.75, 3.05) is 19.8 Å². The highest BCUT2D eigenvalue weighted by Gasteiger charge is 2.35. The van der Waals surface area contributed by atoms with Gasteiger partial charge in [0.2, 0.25) is 5.91 Å². The van der Waals surface area contributed by atoms with Gasteiger partial charge >= 0.3 is 11.9 Å². The summed E-state index contributed by atoms with van der Waals surface area (Å²) in [6.45, 7) is 10.5. The van der Waals surface area contributed by atoms with Crippen molar-refractivity contribution in [3.8, 4) is 0 Å². The molecule has 0 aromatic heterocycles. The molecule has 7 heteroatoms. The molecule has 1 aliphatic carbocycles. The largest absolute Gasteiger partial charge is 0.466 e. The minimum Gasteiger partial charge on any atom is -0.466 e. The van der Waals surface area contributed by atoms with E-state index in [1.54, 1.807) is 13.8 Å². The molecule has 162 valence electrons. The summed E-state index contributed by atoms with van der Waals surface area (Å²) in [7, 11) is 0. The smallest absolute Gasteiger partial charge is 0.328 e. The Morgan fingerprint density at radius 1 is 1.14 bits per heavy atom. The van der Waals surface area contributed by atoms with E-state index in [2.05, 4.69) is 26.1 Å². The molecule has 0 aliphatic heterocycles. The maximum atomic E-state index is 12.3. The molecular formula is C21H37NO6. The molecule has 0 bridgehead atoms. The summed E-state index contributed by atoms with van der Waals surface area (Å²) in [4.78, 5) is 35.9. The fourth-order valence-electron chi connectivity index (χ4n) is 3.54. The van der Waals surface area contributed by atoms with Crippen LogP contribution in [0.4, 0.5) is 0 Å². The van der Waals surface area contributed by atoms with Crippen LogP contribution in [0.25, 0.3) is 0 Å². The second-order valence-corrected chi connectivity index (χ2v) is 8.05. The number of ether oxygens (including phenoxy) is 3. The zero-order valence-corrected chi connectivity index (χ0v) is 18.0. The third-order valence-corrected chi connectivity index (χ3v) is 5.66. The van der Waals surface area contributed by atoms with Crippen LogP contribution in [0.15, 0.2) is 0 Å². The summed E-state index contributed by atoms with van der Waals surface area (Å²) in [5.74, 6) is -0.773. The van der Waals surface area contributed by atoms with Crippen LogP contribution in [0.1, 0.15) is 73.1 Å². The van der Waals surface area contributed by atoms with Crippen LogP contribution in [-0.2, 0) is 28.6 Å². The number of hydrogen-bond acceptors (Lipinski definition) is 6. The zero-order chi connectivity index (χ0) is 21.2. The first kappa shape index (κ1) is 24.4. The van der Waals surface area contributed by atoms with Crippen LogP contribution in [-0.4, -0.2) is 49.8 Å². The molecular weight excluding hydrogens is 362 g/mol. The highest BCUT2D eigenvalue weighted by molar-refractivity contribution is 5.85. The van der Waals surface area contributed by atoms with E-state index in [4.69, 9.17) is 14.2 Å². The Bertz CT molecular complexity index is 521. The lowest BCUT2D eigenvalue weighted by molar-refractivity contribution is -0.149. The minimum absolute atomic E-state index is 0.0355. The van der Waals surface area contributed by atoms with Gasteiger partial charge < -0.3 is 19.5 Å². The quantitative estimate of drug-likeness (QED) is 0.537. The fourth-order valence-corrected chi connectivity index (χ4v) is 3.54. The predicted octanol–water partition coefficient (Wildman–Crippen LogP) is 3.00. The van der Waals surface area contributed by atoms with Gasteiger partial charge in [-0.05, 0) is 50.9 Å². The first-order chi connectivity index (χ1) is 13.2. The third-order valence-electron chi connectivity index (χ3n) is 5.66. The molecule has 3 atom stereocenters. The van der Waals surface area contributed by atoms with Gasteiger partial charge in [-0.3, -0.25) is 9.59 Å². The molecule has 0 spiro atoms. The maximum absolute atomic E-state index is 12.3. The average Bonchev–Trinajstić information content (AvgIpc) is 2.64. The molecule has 1 amide bonds. The molecule has 0 radical (unpaired) electrons. The lowest BCUT2D eigenvalue weighted by Crippen LogP contribution is -2.44. The highest BCUT2D eigenvalue weighted by Crippen LogP contribution is 2.42. The SMILES string of the molecule is CCOC(=O)CC[C@@H](NC(=O)COC1CCCC(C)(C(C)C)C1)C(=O)OCC. The third kappa shape index (κ3) is 8.17. The van der Waals surface area contributed by atoms with E-state index in [0.29, 0.717) is 5.92 Å². The van der Waals surface area contributed by atoms with Crippen LogP contribution >= 0.6 is 0 Å². The molecule has 7 nitrogen and oxygen atoms in total. The first-order valence-corrected chi connectivity index (χ1v) is 10.4. The van der Waals surface area contributed by atoms with Crippen molar-refractivity contribution < 1.29 is 28.6 Å². The Labute approximate surface area is 168 Å².